The van der Waals surface area contributed by atoms with E-state index in [0.29, 0.717) is 17.2 Å². The van der Waals surface area contributed by atoms with Crippen molar-refractivity contribution in [1.82, 2.24) is 4.90 Å². The molecule has 2 rings (SSSR count). The van der Waals surface area contributed by atoms with Crippen molar-refractivity contribution in [2.45, 2.75) is 19.8 Å². The number of piperidine rings is 1. The van der Waals surface area contributed by atoms with Gasteiger partial charge in [0.2, 0.25) is 0 Å². The normalized spacial score (nSPS) is 16.8. The summed E-state index contributed by atoms with van der Waals surface area (Å²) in [5, 5.41) is 11.5. The Morgan fingerprint density at radius 1 is 1.38 bits per heavy atom. The van der Waals surface area contributed by atoms with Crippen LogP contribution in [0.3, 0.4) is 0 Å². The van der Waals surface area contributed by atoms with Gasteiger partial charge in [-0.25, -0.2) is 0 Å². The maximum Gasteiger partial charge on any atom is 0.260 e. The standard InChI is InChI=1S/C15H21N3O3/c1-11-6-8-18(9-7-11)14(19)10-21-13-4-2-12(3-5-13)15(16)17-20/h2-5,11,20H,6-10H2,1H3,(H2,16,17). The molecular formula is C15H21N3O3. The number of carbonyl (C=O) groups is 1. The second-order valence-corrected chi connectivity index (χ2v) is 5.36. The Hall–Kier alpha value is -2.24. The number of likely N-dealkylation sites (tertiary alicyclic amines) is 1. The van der Waals surface area contributed by atoms with Crippen molar-refractivity contribution in [1.29, 1.82) is 0 Å². The topological polar surface area (TPSA) is 88.2 Å². The molecule has 0 bridgehead atoms. The van der Waals surface area contributed by atoms with E-state index in [-0.39, 0.29) is 18.3 Å². The van der Waals surface area contributed by atoms with Crippen molar-refractivity contribution in [2.75, 3.05) is 19.7 Å². The lowest BCUT2D eigenvalue weighted by molar-refractivity contribution is -0.134. The molecule has 1 fully saturated rings. The van der Waals surface area contributed by atoms with Gasteiger partial charge in [-0.3, -0.25) is 4.79 Å². The van der Waals surface area contributed by atoms with Gasteiger partial charge in [0, 0.05) is 18.7 Å². The number of hydrogen-bond donors (Lipinski definition) is 2. The lowest BCUT2D eigenvalue weighted by Crippen LogP contribution is -2.40. The average molecular weight is 291 g/mol. The molecule has 1 heterocycles. The van der Waals surface area contributed by atoms with Gasteiger partial charge in [-0.05, 0) is 43.0 Å². The molecule has 1 aromatic carbocycles. The Bertz CT molecular complexity index is 505. The van der Waals surface area contributed by atoms with Crippen LogP contribution in [0, 0.1) is 5.92 Å². The summed E-state index contributed by atoms with van der Waals surface area (Å²) in [6, 6.07) is 6.74. The molecule has 0 aromatic heterocycles. The Morgan fingerprint density at radius 3 is 2.57 bits per heavy atom. The number of ether oxygens (including phenoxy) is 1. The number of amidine groups is 1. The van der Waals surface area contributed by atoms with Crippen LogP contribution in [-0.4, -0.2) is 41.5 Å². The minimum absolute atomic E-state index is 0.0161. The lowest BCUT2D eigenvalue weighted by Gasteiger charge is -2.30. The van der Waals surface area contributed by atoms with E-state index in [9.17, 15) is 4.79 Å². The van der Waals surface area contributed by atoms with Gasteiger partial charge in [0.1, 0.15) is 5.75 Å². The van der Waals surface area contributed by atoms with Crippen LogP contribution in [0.4, 0.5) is 0 Å². The number of amides is 1. The summed E-state index contributed by atoms with van der Waals surface area (Å²) in [6.45, 7) is 3.87. The van der Waals surface area contributed by atoms with E-state index in [4.69, 9.17) is 15.7 Å². The second-order valence-electron chi connectivity index (χ2n) is 5.36. The van der Waals surface area contributed by atoms with E-state index in [1.54, 1.807) is 24.3 Å². The zero-order valence-corrected chi connectivity index (χ0v) is 12.2. The molecule has 6 nitrogen and oxygen atoms in total. The fourth-order valence-corrected chi connectivity index (χ4v) is 2.27. The van der Waals surface area contributed by atoms with Crippen LogP contribution in [0.1, 0.15) is 25.3 Å². The highest BCUT2D eigenvalue weighted by Gasteiger charge is 2.20. The van der Waals surface area contributed by atoms with Crippen molar-refractivity contribution in [3.8, 4) is 5.75 Å². The Morgan fingerprint density at radius 2 is 2.00 bits per heavy atom. The first-order valence-corrected chi connectivity index (χ1v) is 7.08. The third-order valence-corrected chi connectivity index (χ3v) is 3.76. The highest BCUT2D eigenvalue weighted by Crippen LogP contribution is 2.17. The first-order valence-electron chi connectivity index (χ1n) is 7.08. The molecular weight excluding hydrogens is 270 g/mol. The van der Waals surface area contributed by atoms with Crippen LogP contribution in [0.2, 0.25) is 0 Å². The predicted octanol–water partition coefficient (Wildman–Crippen LogP) is 1.42. The number of oxime groups is 1. The lowest BCUT2D eigenvalue weighted by atomic mass is 9.99. The van der Waals surface area contributed by atoms with E-state index < -0.39 is 0 Å². The second kappa shape index (κ2) is 6.97. The molecule has 21 heavy (non-hydrogen) atoms. The smallest absolute Gasteiger partial charge is 0.260 e. The van der Waals surface area contributed by atoms with Crippen molar-refractivity contribution >= 4 is 11.7 Å². The summed E-state index contributed by atoms with van der Waals surface area (Å²) in [7, 11) is 0. The largest absolute Gasteiger partial charge is 0.484 e. The van der Waals surface area contributed by atoms with Gasteiger partial charge in [0.15, 0.2) is 12.4 Å². The first kappa shape index (κ1) is 15.2. The van der Waals surface area contributed by atoms with Crippen LogP contribution in [-0.2, 0) is 4.79 Å². The monoisotopic (exact) mass is 291 g/mol. The summed E-state index contributed by atoms with van der Waals surface area (Å²) >= 11 is 0. The first-order chi connectivity index (χ1) is 10.1. The molecule has 0 spiro atoms. The fraction of sp³-hybridized carbons (Fsp3) is 0.467. The Kier molecular flexibility index (Phi) is 5.03. The molecule has 1 aromatic rings. The van der Waals surface area contributed by atoms with Crippen molar-refractivity contribution < 1.29 is 14.7 Å². The highest BCUT2D eigenvalue weighted by atomic mass is 16.5. The van der Waals surface area contributed by atoms with Gasteiger partial charge in [-0.15, -0.1) is 0 Å². The Labute approximate surface area is 124 Å². The molecule has 1 saturated heterocycles. The molecule has 0 atom stereocenters. The number of nitrogens with two attached hydrogens (primary N) is 1. The molecule has 0 saturated carbocycles. The molecule has 0 aliphatic carbocycles. The zero-order valence-electron chi connectivity index (χ0n) is 12.2. The van der Waals surface area contributed by atoms with Gasteiger partial charge in [0.25, 0.3) is 5.91 Å². The summed E-state index contributed by atoms with van der Waals surface area (Å²) in [5.74, 6) is 1.34. The quantitative estimate of drug-likeness (QED) is 0.380. The molecule has 1 amide bonds. The number of nitrogens with zero attached hydrogens (tertiary/aromatic N) is 2. The maximum absolute atomic E-state index is 12.0. The number of hydrogen-bond acceptors (Lipinski definition) is 4. The van der Waals surface area contributed by atoms with Crippen LogP contribution < -0.4 is 10.5 Å². The van der Waals surface area contributed by atoms with E-state index in [1.165, 1.54) is 0 Å². The van der Waals surface area contributed by atoms with Crippen molar-refractivity contribution in [2.24, 2.45) is 16.8 Å². The van der Waals surface area contributed by atoms with Crippen LogP contribution in [0.5, 0.6) is 5.75 Å². The SMILES string of the molecule is CC1CCN(C(=O)COc2ccc(/C(N)=N/O)cc2)CC1. The minimum atomic E-state index is 0.0161. The Balaban J connectivity index is 1.84. The van der Waals surface area contributed by atoms with Crippen molar-refractivity contribution in [3.63, 3.8) is 0 Å². The minimum Gasteiger partial charge on any atom is -0.484 e. The molecule has 114 valence electrons. The van der Waals surface area contributed by atoms with Gasteiger partial charge in [-0.2, -0.15) is 0 Å². The summed E-state index contributed by atoms with van der Waals surface area (Å²) < 4.78 is 5.48. The average Bonchev–Trinajstić information content (AvgIpc) is 2.53. The molecule has 3 N–H and O–H groups in total. The highest BCUT2D eigenvalue weighted by molar-refractivity contribution is 5.97. The zero-order chi connectivity index (χ0) is 15.2. The van der Waals surface area contributed by atoms with Crippen LogP contribution >= 0.6 is 0 Å². The summed E-state index contributed by atoms with van der Waals surface area (Å²) in [4.78, 5) is 13.9. The van der Waals surface area contributed by atoms with Crippen molar-refractivity contribution in [3.05, 3.63) is 29.8 Å². The van der Waals surface area contributed by atoms with Gasteiger partial charge in [-0.1, -0.05) is 12.1 Å². The van der Waals surface area contributed by atoms with E-state index in [1.807, 2.05) is 4.90 Å². The number of carbonyl (C=O) groups excluding carboxylic acids is 1. The number of rotatable bonds is 4. The fourth-order valence-electron chi connectivity index (χ4n) is 2.27. The van der Waals surface area contributed by atoms with E-state index >= 15 is 0 Å². The van der Waals surface area contributed by atoms with E-state index in [2.05, 4.69) is 12.1 Å². The predicted molar refractivity (Wildman–Crippen MR) is 79.4 cm³/mol. The van der Waals surface area contributed by atoms with Crippen LogP contribution in [0.15, 0.2) is 29.4 Å². The van der Waals surface area contributed by atoms with Gasteiger partial charge >= 0.3 is 0 Å². The van der Waals surface area contributed by atoms with Gasteiger partial charge in [0.05, 0.1) is 0 Å². The third-order valence-electron chi connectivity index (χ3n) is 3.76. The third kappa shape index (κ3) is 4.11. The molecule has 0 unspecified atom stereocenters. The molecule has 1 aliphatic heterocycles. The van der Waals surface area contributed by atoms with E-state index in [0.717, 1.165) is 25.9 Å². The molecule has 1 aliphatic rings. The van der Waals surface area contributed by atoms with Gasteiger partial charge < -0.3 is 20.6 Å². The summed E-state index contributed by atoms with van der Waals surface area (Å²) in [6.07, 6.45) is 2.11. The summed E-state index contributed by atoms with van der Waals surface area (Å²) in [5.41, 5.74) is 6.07. The molecule has 6 heteroatoms. The molecule has 0 radical (unpaired) electrons. The maximum atomic E-state index is 12.0. The van der Waals surface area contributed by atoms with Crippen LogP contribution in [0.25, 0.3) is 0 Å². The number of benzene rings is 1.